The van der Waals surface area contributed by atoms with Gasteiger partial charge in [0.25, 0.3) is 0 Å². The molecule has 0 N–H and O–H groups in total. The average Bonchev–Trinajstić information content (AvgIpc) is 3.31. The number of Topliss-reactive ketones (excluding diaryl/α,β-unsaturated/α-hetero) is 1. The molecule has 150 valence electrons. The van der Waals surface area contributed by atoms with Gasteiger partial charge in [-0.15, -0.1) is 11.8 Å². The van der Waals surface area contributed by atoms with E-state index in [1.165, 1.54) is 18.5 Å². The summed E-state index contributed by atoms with van der Waals surface area (Å²) in [6, 6.07) is 25.6. The van der Waals surface area contributed by atoms with Crippen LogP contribution in [0.3, 0.4) is 0 Å². The minimum absolute atomic E-state index is 0.0366. The molecule has 4 rings (SSSR count). The monoisotopic (exact) mass is 417 g/mol. The van der Waals surface area contributed by atoms with Crippen LogP contribution in [0.15, 0.2) is 102 Å². The first kappa shape index (κ1) is 20.0. The Bertz CT molecular complexity index is 1070. The number of nitrogens with zero attached hydrogens (tertiary/aromatic N) is 3. The lowest BCUT2D eigenvalue weighted by molar-refractivity contribution is 0.0901. The highest BCUT2D eigenvalue weighted by Gasteiger charge is 2.32. The lowest BCUT2D eigenvalue weighted by Gasteiger charge is -2.26. The molecule has 0 fully saturated rings. The molecular weight excluding hydrogens is 397 g/mol. The van der Waals surface area contributed by atoms with Gasteiger partial charge in [0, 0.05) is 15.7 Å². The molecule has 0 spiro atoms. The van der Waals surface area contributed by atoms with Crippen molar-refractivity contribution in [1.29, 1.82) is 0 Å². The second-order valence-corrected chi connectivity index (χ2v) is 8.07. The molecule has 4 aromatic rings. The van der Waals surface area contributed by atoms with Crippen molar-refractivity contribution in [1.82, 2.24) is 14.8 Å². The van der Waals surface area contributed by atoms with E-state index in [9.17, 15) is 9.18 Å². The minimum Gasteiger partial charge on any atom is -0.294 e. The van der Waals surface area contributed by atoms with Gasteiger partial charge in [0.05, 0.1) is 12.5 Å². The first-order valence-electron chi connectivity index (χ1n) is 9.59. The smallest absolute Gasteiger partial charge is 0.169 e. The summed E-state index contributed by atoms with van der Waals surface area (Å²) in [6.07, 6.45) is 3.09. The molecule has 30 heavy (non-hydrogen) atoms. The van der Waals surface area contributed by atoms with Crippen LogP contribution in [0.4, 0.5) is 4.39 Å². The van der Waals surface area contributed by atoms with Crippen molar-refractivity contribution in [3.05, 3.63) is 115 Å². The highest BCUT2D eigenvalue weighted by Crippen LogP contribution is 2.42. The van der Waals surface area contributed by atoms with Crippen molar-refractivity contribution in [2.75, 3.05) is 0 Å². The normalized spacial score (nSPS) is 13.0. The molecular formula is C24H20FN3OS. The fourth-order valence-corrected chi connectivity index (χ4v) is 4.60. The molecule has 2 atom stereocenters. The molecule has 4 nitrogen and oxygen atoms in total. The van der Waals surface area contributed by atoms with Gasteiger partial charge in [0.15, 0.2) is 5.78 Å². The molecule has 0 aliphatic carbocycles. The maximum absolute atomic E-state index is 13.6. The van der Waals surface area contributed by atoms with Gasteiger partial charge in [-0.25, -0.2) is 9.37 Å². The third-order valence-electron chi connectivity index (χ3n) is 4.82. The Kier molecular flexibility index (Phi) is 6.35. The third-order valence-corrected chi connectivity index (χ3v) is 6.21. The summed E-state index contributed by atoms with van der Waals surface area (Å²) in [5.41, 5.74) is 1.68. The van der Waals surface area contributed by atoms with E-state index >= 15 is 0 Å². The maximum atomic E-state index is 13.6. The average molecular weight is 418 g/mol. The second-order valence-electron chi connectivity index (χ2n) is 6.86. The highest BCUT2D eigenvalue weighted by atomic mass is 32.2. The van der Waals surface area contributed by atoms with Crippen LogP contribution in [0, 0.1) is 11.7 Å². The Hall–Kier alpha value is -3.25. The highest BCUT2D eigenvalue weighted by molar-refractivity contribution is 7.99. The van der Waals surface area contributed by atoms with Crippen LogP contribution in [0.2, 0.25) is 0 Å². The fourth-order valence-electron chi connectivity index (χ4n) is 3.35. The van der Waals surface area contributed by atoms with Gasteiger partial charge < -0.3 is 0 Å². The molecule has 0 radical (unpaired) electrons. The molecule has 0 aliphatic heterocycles. The number of carbonyl (C=O) groups excluding carboxylic acids is 1. The van der Waals surface area contributed by atoms with Gasteiger partial charge in [-0.3, -0.25) is 9.48 Å². The molecule has 6 heteroatoms. The van der Waals surface area contributed by atoms with Crippen molar-refractivity contribution >= 4 is 17.5 Å². The van der Waals surface area contributed by atoms with Crippen LogP contribution in [-0.2, 0) is 6.54 Å². The van der Waals surface area contributed by atoms with Crippen molar-refractivity contribution in [2.45, 2.75) is 16.7 Å². The largest absolute Gasteiger partial charge is 0.294 e. The summed E-state index contributed by atoms with van der Waals surface area (Å²) in [5.74, 6) is -0.642. The number of hydrogen-bond donors (Lipinski definition) is 0. The topological polar surface area (TPSA) is 47.8 Å². The van der Waals surface area contributed by atoms with E-state index in [2.05, 4.69) is 10.1 Å². The lowest BCUT2D eigenvalue weighted by Crippen LogP contribution is -2.26. The van der Waals surface area contributed by atoms with Gasteiger partial charge >= 0.3 is 0 Å². The summed E-state index contributed by atoms with van der Waals surface area (Å²) in [6.45, 7) is 0.390. The van der Waals surface area contributed by atoms with Gasteiger partial charge in [0.1, 0.15) is 18.5 Å². The zero-order valence-electron chi connectivity index (χ0n) is 16.1. The Morgan fingerprint density at radius 2 is 1.60 bits per heavy atom. The molecule has 2 unspecified atom stereocenters. The van der Waals surface area contributed by atoms with Crippen LogP contribution in [0.5, 0.6) is 0 Å². The predicted molar refractivity (Wildman–Crippen MR) is 116 cm³/mol. The van der Waals surface area contributed by atoms with E-state index in [1.807, 2.05) is 60.7 Å². The molecule has 0 saturated heterocycles. The van der Waals surface area contributed by atoms with Gasteiger partial charge in [0.2, 0.25) is 0 Å². The standard InChI is InChI=1S/C24H20FN3OS/c25-20-11-13-21(14-12-20)30-24(19-9-5-2-6-10-19)22(15-28-17-26-16-27-28)23(29)18-7-3-1-4-8-18/h1-14,16-17,22,24H,15H2. The maximum Gasteiger partial charge on any atom is 0.169 e. The van der Waals surface area contributed by atoms with E-state index in [0.717, 1.165) is 10.5 Å². The number of hydrogen-bond acceptors (Lipinski definition) is 4. The summed E-state index contributed by atoms with van der Waals surface area (Å²) >= 11 is 1.55. The Morgan fingerprint density at radius 3 is 2.23 bits per heavy atom. The third kappa shape index (κ3) is 4.83. The quantitative estimate of drug-likeness (QED) is 0.283. The molecule has 0 saturated carbocycles. The van der Waals surface area contributed by atoms with Gasteiger partial charge in [-0.1, -0.05) is 60.7 Å². The van der Waals surface area contributed by atoms with Crippen LogP contribution >= 0.6 is 11.8 Å². The number of benzene rings is 3. The van der Waals surface area contributed by atoms with Gasteiger partial charge in [-0.05, 0) is 29.8 Å². The van der Waals surface area contributed by atoms with Gasteiger partial charge in [-0.2, -0.15) is 5.10 Å². The first-order chi connectivity index (χ1) is 14.7. The molecule has 0 bridgehead atoms. The van der Waals surface area contributed by atoms with Crippen LogP contribution in [0.1, 0.15) is 21.2 Å². The predicted octanol–water partition coefficient (Wildman–Crippen LogP) is 5.45. The zero-order valence-corrected chi connectivity index (χ0v) is 17.0. The SMILES string of the molecule is O=C(c1ccccc1)C(Cn1cncn1)C(Sc1ccc(F)cc1)c1ccccc1. The Balaban J connectivity index is 1.75. The zero-order chi connectivity index (χ0) is 20.8. The molecule has 1 heterocycles. The van der Waals surface area contributed by atoms with Crippen molar-refractivity contribution in [3.8, 4) is 0 Å². The second kappa shape index (κ2) is 9.50. The molecule has 0 amide bonds. The van der Waals surface area contributed by atoms with E-state index in [0.29, 0.717) is 12.1 Å². The van der Waals surface area contributed by atoms with Crippen molar-refractivity contribution in [2.24, 2.45) is 5.92 Å². The molecule has 3 aromatic carbocycles. The van der Waals surface area contributed by atoms with E-state index < -0.39 is 5.92 Å². The number of carbonyl (C=O) groups is 1. The number of halogens is 1. The summed E-state index contributed by atoms with van der Waals surface area (Å²) in [7, 11) is 0. The number of thioether (sulfide) groups is 1. The lowest BCUT2D eigenvalue weighted by atomic mass is 9.90. The van der Waals surface area contributed by atoms with Crippen molar-refractivity contribution in [3.63, 3.8) is 0 Å². The number of aromatic nitrogens is 3. The van der Waals surface area contributed by atoms with E-state index in [1.54, 1.807) is 34.9 Å². The van der Waals surface area contributed by atoms with Crippen LogP contribution in [-0.4, -0.2) is 20.5 Å². The number of rotatable bonds is 8. The minimum atomic E-state index is -0.397. The summed E-state index contributed by atoms with van der Waals surface area (Å²) in [4.78, 5) is 18.5. The van der Waals surface area contributed by atoms with E-state index in [4.69, 9.17) is 0 Å². The molecule has 1 aromatic heterocycles. The van der Waals surface area contributed by atoms with E-state index in [-0.39, 0.29) is 16.9 Å². The van der Waals surface area contributed by atoms with Crippen LogP contribution in [0.25, 0.3) is 0 Å². The molecule has 0 aliphatic rings. The van der Waals surface area contributed by atoms with Crippen LogP contribution < -0.4 is 0 Å². The Labute approximate surface area is 178 Å². The summed E-state index contributed by atoms with van der Waals surface area (Å²) < 4.78 is 15.1. The number of ketones is 1. The first-order valence-corrected chi connectivity index (χ1v) is 10.5. The summed E-state index contributed by atoms with van der Waals surface area (Å²) in [5, 5.41) is 4.03. The Morgan fingerprint density at radius 1 is 0.933 bits per heavy atom. The van der Waals surface area contributed by atoms with Crippen molar-refractivity contribution < 1.29 is 9.18 Å². The fraction of sp³-hybridized carbons (Fsp3) is 0.125.